The first-order chi connectivity index (χ1) is 9.08. The Labute approximate surface area is 117 Å². The van der Waals surface area contributed by atoms with Crippen molar-refractivity contribution in [2.24, 2.45) is 5.84 Å². The minimum absolute atomic E-state index is 0.656. The van der Waals surface area contributed by atoms with Gasteiger partial charge in [0.1, 0.15) is 11.6 Å². The summed E-state index contributed by atoms with van der Waals surface area (Å²) in [6.45, 7) is 6.18. The van der Waals surface area contributed by atoms with E-state index in [9.17, 15) is 0 Å². The van der Waals surface area contributed by atoms with Crippen molar-refractivity contribution in [2.75, 3.05) is 5.43 Å². The molecule has 0 saturated carbocycles. The second kappa shape index (κ2) is 6.04. The molecule has 0 bridgehead atoms. The lowest BCUT2D eigenvalue weighted by Crippen LogP contribution is -2.10. The number of rotatable bonds is 4. The molecule has 0 aliphatic carbocycles. The topological polar surface area (TPSA) is 63.8 Å². The van der Waals surface area contributed by atoms with Crippen molar-refractivity contribution in [3.8, 4) is 0 Å². The van der Waals surface area contributed by atoms with E-state index in [1.807, 2.05) is 13.0 Å². The van der Waals surface area contributed by atoms with E-state index in [4.69, 9.17) is 5.84 Å². The summed E-state index contributed by atoms with van der Waals surface area (Å²) < 4.78 is 0. The molecule has 0 fully saturated rings. The fourth-order valence-corrected chi connectivity index (χ4v) is 2.57. The summed E-state index contributed by atoms with van der Waals surface area (Å²) in [5, 5.41) is 0. The third-order valence-electron chi connectivity index (χ3n) is 2.89. The maximum atomic E-state index is 5.38. The number of anilines is 1. The number of nitrogens with one attached hydrogen (secondary N) is 1. The van der Waals surface area contributed by atoms with Gasteiger partial charge in [0.05, 0.1) is 5.75 Å². The fraction of sp³-hybridized carbons (Fsp3) is 0.286. The molecular formula is C14H18N4S. The lowest BCUT2D eigenvalue weighted by Gasteiger charge is -2.06. The molecule has 3 N–H and O–H groups in total. The molecule has 0 amide bonds. The van der Waals surface area contributed by atoms with Gasteiger partial charge in [-0.2, -0.15) is 0 Å². The fourth-order valence-electron chi connectivity index (χ4n) is 1.72. The van der Waals surface area contributed by atoms with Gasteiger partial charge in [0.15, 0.2) is 0 Å². The Hall–Kier alpha value is -1.59. The highest BCUT2D eigenvalue weighted by atomic mass is 32.2. The first-order valence-corrected chi connectivity index (χ1v) is 7.08. The van der Waals surface area contributed by atoms with E-state index in [1.165, 1.54) is 16.0 Å². The van der Waals surface area contributed by atoms with Gasteiger partial charge in [0.25, 0.3) is 0 Å². The summed E-state index contributed by atoms with van der Waals surface area (Å²) in [6.07, 6.45) is 0. The summed E-state index contributed by atoms with van der Waals surface area (Å²) >= 11 is 1.73. The van der Waals surface area contributed by atoms with Gasteiger partial charge in [-0.1, -0.05) is 6.07 Å². The lowest BCUT2D eigenvalue weighted by atomic mass is 10.1. The number of nitrogens with two attached hydrogens (primary N) is 1. The number of aryl methyl sites for hydroxylation is 3. The normalized spacial score (nSPS) is 10.5. The van der Waals surface area contributed by atoms with Gasteiger partial charge >= 0.3 is 0 Å². The molecule has 2 rings (SSSR count). The van der Waals surface area contributed by atoms with Gasteiger partial charge in [-0.3, -0.25) is 0 Å². The molecule has 1 aromatic carbocycles. The number of nitrogen functional groups attached to an aromatic ring is 1. The SMILES string of the molecule is Cc1cc(NN)nc(CSc2ccc(C)c(C)c2)n1. The van der Waals surface area contributed by atoms with Crippen molar-refractivity contribution in [1.29, 1.82) is 0 Å². The van der Waals surface area contributed by atoms with Crippen molar-refractivity contribution < 1.29 is 0 Å². The maximum absolute atomic E-state index is 5.38. The van der Waals surface area contributed by atoms with Crippen LogP contribution in [0, 0.1) is 20.8 Å². The second-order valence-corrected chi connectivity index (χ2v) is 5.54. The number of aromatic nitrogens is 2. The highest BCUT2D eigenvalue weighted by Crippen LogP contribution is 2.24. The van der Waals surface area contributed by atoms with Crippen LogP contribution in [0.4, 0.5) is 5.82 Å². The zero-order valence-electron chi connectivity index (χ0n) is 11.4. The largest absolute Gasteiger partial charge is 0.308 e. The Balaban J connectivity index is 2.09. The molecule has 0 aliphatic heterocycles. The number of nitrogens with zero attached hydrogens (tertiary/aromatic N) is 2. The highest BCUT2D eigenvalue weighted by Gasteiger charge is 2.03. The Morgan fingerprint density at radius 2 is 1.89 bits per heavy atom. The van der Waals surface area contributed by atoms with Crippen molar-refractivity contribution >= 4 is 17.6 Å². The van der Waals surface area contributed by atoms with Crippen LogP contribution in [0.15, 0.2) is 29.2 Å². The lowest BCUT2D eigenvalue weighted by molar-refractivity contribution is 0.990. The zero-order valence-corrected chi connectivity index (χ0v) is 12.2. The highest BCUT2D eigenvalue weighted by molar-refractivity contribution is 7.98. The predicted molar refractivity (Wildman–Crippen MR) is 80.1 cm³/mol. The molecule has 0 atom stereocenters. The van der Waals surface area contributed by atoms with Crippen molar-refractivity contribution in [3.05, 3.63) is 46.9 Å². The summed E-state index contributed by atoms with van der Waals surface area (Å²) in [5.41, 5.74) is 6.09. The standard InChI is InChI=1S/C14H18N4S/c1-9-4-5-12(6-10(9)2)19-8-14-16-11(3)7-13(17-14)18-15/h4-7H,8,15H2,1-3H3,(H,16,17,18). The average molecular weight is 274 g/mol. The summed E-state index contributed by atoms with van der Waals surface area (Å²) in [7, 11) is 0. The molecule has 1 heterocycles. The maximum Gasteiger partial charge on any atom is 0.143 e. The predicted octanol–water partition coefficient (Wildman–Crippen LogP) is 2.98. The number of thioether (sulfide) groups is 1. The van der Waals surface area contributed by atoms with Crippen LogP contribution in [0.1, 0.15) is 22.6 Å². The quantitative estimate of drug-likeness (QED) is 0.510. The Kier molecular flexibility index (Phi) is 4.39. The average Bonchev–Trinajstić information content (AvgIpc) is 2.39. The van der Waals surface area contributed by atoms with E-state index >= 15 is 0 Å². The third kappa shape index (κ3) is 3.68. The van der Waals surface area contributed by atoms with Crippen molar-refractivity contribution in [1.82, 2.24) is 9.97 Å². The minimum atomic E-state index is 0.656. The van der Waals surface area contributed by atoms with Crippen LogP contribution in [-0.4, -0.2) is 9.97 Å². The van der Waals surface area contributed by atoms with Crippen molar-refractivity contribution in [3.63, 3.8) is 0 Å². The molecule has 0 saturated heterocycles. The second-order valence-electron chi connectivity index (χ2n) is 4.49. The first kappa shape index (κ1) is 13.8. The van der Waals surface area contributed by atoms with Gasteiger partial charge in [-0.15, -0.1) is 11.8 Å². The van der Waals surface area contributed by atoms with Gasteiger partial charge < -0.3 is 5.43 Å². The number of hydrazine groups is 1. The van der Waals surface area contributed by atoms with Gasteiger partial charge in [0, 0.05) is 16.7 Å². The number of hydrogen-bond acceptors (Lipinski definition) is 5. The summed E-state index contributed by atoms with van der Waals surface area (Å²) in [4.78, 5) is 9.98. The molecule has 1 aromatic heterocycles. The van der Waals surface area contributed by atoms with Crippen LogP contribution in [0.2, 0.25) is 0 Å². The van der Waals surface area contributed by atoms with Crippen molar-refractivity contribution in [2.45, 2.75) is 31.4 Å². The van der Waals surface area contributed by atoms with E-state index in [0.29, 0.717) is 5.82 Å². The third-order valence-corrected chi connectivity index (χ3v) is 3.88. The number of hydrogen-bond donors (Lipinski definition) is 2. The van der Waals surface area contributed by atoms with E-state index < -0.39 is 0 Å². The van der Waals surface area contributed by atoms with E-state index in [-0.39, 0.29) is 0 Å². The van der Waals surface area contributed by atoms with Crippen LogP contribution >= 0.6 is 11.8 Å². The van der Waals surface area contributed by atoms with Crippen LogP contribution < -0.4 is 11.3 Å². The van der Waals surface area contributed by atoms with E-state index in [0.717, 1.165) is 17.3 Å². The first-order valence-electron chi connectivity index (χ1n) is 6.09. The van der Waals surface area contributed by atoms with Crippen LogP contribution in [0.3, 0.4) is 0 Å². The monoisotopic (exact) mass is 274 g/mol. The molecule has 0 radical (unpaired) electrons. The molecule has 100 valence electrons. The molecule has 2 aromatic rings. The summed E-state index contributed by atoms with van der Waals surface area (Å²) in [5.74, 6) is 7.56. The Morgan fingerprint density at radius 1 is 1.11 bits per heavy atom. The zero-order chi connectivity index (χ0) is 13.8. The van der Waals surface area contributed by atoms with E-state index in [1.54, 1.807) is 11.8 Å². The molecule has 19 heavy (non-hydrogen) atoms. The number of benzene rings is 1. The molecule has 5 heteroatoms. The van der Waals surface area contributed by atoms with Gasteiger partial charge in [0.2, 0.25) is 0 Å². The Morgan fingerprint density at radius 3 is 2.58 bits per heavy atom. The smallest absolute Gasteiger partial charge is 0.143 e. The van der Waals surface area contributed by atoms with Gasteiger partial charge in [-0.05, 0) is 44.0 Å². The molecule has 4 nitrogen and oxygen atoms in total. The van der Waals surface area contributed by atoms with E-state index in [2.05, 4.69) is 47.4 Å². The van der Waals surface area contributed by atoms with Crippen LogP contribution in [-0.2, 0) is 5.75 Å². The Bertz CT molecular complexity index is 584. The van der Waals surface area contributed by atoms with Gasteiger partial charge in [-0.25, -0.2) is 15.8 Å². The minimum Gasteiger partial charge on any atom is -0.308 e. The van der Waals surface area contributed by atoms with Crippen LogP contribution in [0.5, 0.6) is 0 Å². The molecule has 0 unspecified atom stereocenters. The molecular weight excluding hydrogens is 256 g/mol. The molecule has 0 spiro atoms. The van der Waals surface area contributed by atoms with Crippen LogP contribution in [0.25, 0.3) is 0 Å². The summed E-state index contributed by atoms with van der Waals surface area (Å²) in [6, 6.07) is 8.29. The molecule has 0 aliphatic rings.